The van der Waals surface area contributed by atoms with E-state index in [1.807, 2.05) is 42.5 Å². The van der Waals surface area contributed by atoms with E-state index in [0.717, 1.165) is 16.1 Å². The van der Waals surface area contributed by atoms with Gasteiger partial charge in [0.2, 0.25) is 0 Å². The molecule has 2 aromatic carbocycles. The molecule has 0 saturated heterocycles. The molecule has 0 aliphatic heterocycles. The molecule has 1 unspecified atom stereocenters. The largest absolute Gasteiger partial charge is 0.506 e. The molecule has 0 radical (unpaired) electrons. The van der Waals surface area contributed by atoms with Gasteiger partial charge in [-0.2, -0.15) is 0 Å². The van der Waals surface area contributed by atoms with Crippen molar-refractivity contribution >= 4 is 27.5 Å². The molecule has 0 amide bonds. The highest BCUT2D eigenvalue weighted by Crippen LogP contribution is 2.28. The van der Waals surface area contributed by atoms with Gasteiger partial charge in [0.15, 0.2) is 0 Å². The first-order chi connectivity index (χ1) is 9.09. The maximum absolute atomic E-state index is 9.92. The summed E-state index contributed by atoms with van der Waals surface area (Å²) in [5, 5.41) is 14.0. The molecule has 0 fully saturated rings. The number of nitrogens with one attached hydrogen (secondary N) is 1. The molecule has 100 valence electrons. The van der Waals surface area contributed by atoms with E-state index in [-0.39, 0.29) is 11.8 Å². The molecule has 2 nitrogen and oxygen atoms in total. The molecule has 4 heteroatoms. The third-order valence-electron chi connectivity index (χ3n) is 3.04. The van der Waals surface area contributed by atoms with Gasteiger partial charge in [-0.25, -0.2) is 0 Å². The van der Waals surface area contributed by atoms with Gasteiger partial charge in [-0.15, -0.1) is 0 Å². The van der Waals surface area contributed by atoms with Crippen LogP contribution < -0.4 is 5.32 Å². The Bertz CT molecular complexity index is 574. The van der Waals surface area contributed by atoms with Gasteiger partial charge in [0.1, 0.15) is 5.75 Å². The second-order valence-electron chi connectivity index (χ2n) is 4.37. The van der Waals surface area contributed by atoms with Crippen LogP contribution in [0.2, 0.25) is 5.02 Å². The molecule has 0 spiro atoms. The lowest BCUT2D eigenvalue weighted by molar-refractivity contribution is 0.457. The molecule has 2 rings (SSSR count). The lowest BCUT2D eigenvalue weighted by Gasteiger charge is -2.16. The van der Waals surface area contributed by atoms with Gasteiger partial charge in [-0.3, -0.25) is 0 Å². The summed E-state index contributed by atoms with van der Waals surface area (Å²) in [4.78, 5) is 0. The number of benzene rings is 2. The quantitative estimate of drug-likeness (QED) is 0.848. The van der Waals surface area contributed by atoms with E-state index in [4.69, 9.17) is 11.6 Å². The number of hydrogen-bond donors (Lipinski definition) is 2. The number of rotatable bonds is 4. The van der Waals surface area contributed by atoms with Crippen LogP contribution in [0.3, 0.4) is 0 Å². The predicted octanol–water partition coefficient (Wildman–Crippen LogP) is 4.66. The standard InChI is InChI=1S/C15H15BrClNO/c1-10(12-6-2-3-8-14(12)17)18-9-11-5-4-7-13(16)15(11)19/h2-8,10,18-19H,9H2,1H3. The van der Waals surface area contributed by atoms with Crippen molar-refractivity contribution in [2.24, 2.45) is 0 Å². The van der Waals surface area contributed by atoms with E-state index in [1.54, 1.807) is 0 Å². The fraction of sp³-hybridized carbons (Fsp3) is 0.200. The van der Waals surface area contributed by atoms with Gasteiger partial charge in [0, 0.05) is 23.2 Å². The average molecular weight is 341 g/mol. The lowest BCUT2D eigenvalue weighted by Crippen LogP contribution is -2.18. The van der Waals surface area contributed by atoms with Crippen LogP contribution in [0.15, 0.2) is 46.9 Å². The Hall–Kier alpha value is -1.03. The van der Waals surface area contributed by atoms with Crippen LogP contribution in [0.5, 0.6) is 5.75 Å². The van der Waals surface area contributed by atoms with Crippen LogP contribution in [0, 0.1) is 0 Å². The zero-order valence-corrected chi connectivity index (χ0v) is 12.9. The fourth-order valence-electron chi connectivity index (χ4n) is 1.90. The lowest BCUT2D eigenvalue weighted by atomic mass is 10.1. The Balaban J connectivity index is 2.07. The van der Waals surface area contributed by atoms with Crippen molar-refractivity contribution in [1.82, 2.24) is 5.32 Å². The summed E-state index contributed by atoms with van der Waals surface area (Å²) in [6.45, 7) is 2.63. The third-order valence-corrected chi connectivity index (χ3v) is 4.02. The average Bonchev–Trinajstić information content (AvgIpc) is 2.40. The predicted molar refractivity (Wildman–Crippen MR) is 82.5 cm³/mol. The smallest absolute Gasteiger partial charge is 0.134 e. The maximum atomic E-state index is 9.92. The number of para-hydroxylation sites is 1. The highest BCUT2D eigenvalue weighted by Gasteiger charge is 2.10. The van der Waals surface area contributed by atoms with Crippen LogP contribution in [0.1, 0.15) is 24.1 Å². The molecule has 0 heterocycles. The van der Waals surface area contributed by atoms with Crippen LogP contribution in [-0.2, 0) is 6.54 Å². The monoisotopic (exact) mass is 339 g/mol. The van der Waals surface area contributed by atoms with Gasteiger partial charge in [0.25, 0.3) is 0 Å². The number of aromatic hydroxyl groups is 1. The normalized spacial score (nSPS) is 12.4. The van der Waals surface area contributed by atoms with Gasteiger partial charge < -0.3 is 10.4 Å². The van der Waals surface area contributed by atoms with Gasteiger partial charge in [0.05, 0.1) is 4.47 Å². The summed E-state index contributed by atoms with van der Waals surface area (Å²) in [6.07, 6.45) is 0. The van der Waals surface area contributed by atoms with Crippen molar-refractivity contribution in [3.63, 3.8) is 0 Å². The zero-order valence-electron chi connectivity index (χ0n) is 10.5. The second kappa shape index (κ2) is 6.42. The molecular weight excluding hydrogens is 326 g/mol. The van der Waals surface area contributed by atoms with Crippen molar-refractivity contribution in [3.05, 3.63) is 63.1 Å². The summed E-state index contributed by atoms with van der Waals surface area (Å²) in [6, 6.07) is 13.5. The number of hydrogen-bond acceptors (Lipinski definition) is 2. The van der Waals surface area contributed by atoms with Crippen LogP contribution in [0.4, 0.5) is 0 Å². The summed E-state index contributed by atoms with van der Waals surface area (Å²) in [7, 11) is 0. The molecule has 0 aromatic heterocycles. The van der Waals surface area contributed by atoms with Crippen molar-refractivity contribution < 1.29 is 5.11 Å². The zero-order chi connectivity index (χ0) is 13.8. The molecule has 1 atom stereocenters. The molecule has 2 aromatic rings. The molecule has 0 aliphatic rings. The van der Waals surface area contributed by atoms with Crippen molar-refractivity contribution in [3.8, 4) is 5.75 Å². The molecule has 2 N–H and O–H groups in total. The summed E-state index contributed by atoms with van der Waals surface area (Å²) in [5.74, 6) is 0.279. The number of phenols is 1. The highest BCUT2D eigenvalue weighted by atomic mass is 79.9. The first-order valence-electron chi connectivity index (χ1n) is 6.03. The fourth-order valence-corrected chi connectivity index (χ4v) is 2.61. The first-order valence-corrected chi connectivity index (χ1v) is 7.21. The SMILES string of the molecule is CC(NCc1cccc(Br)c1O)c1ccccc1Cl. The minimum Gasteiger partial charge on any atom is -0.506 e. The summed E-state index contributed by atoms with van der Waals surface area (Å²) < 4.78 is 0.706. The van der Waals surface area contributed by atoms with E-state index in [0.29, 0.717) is 11.0 Å². The minimum atomic E-state index is 0.118. The van der Waals surface area contributed by atoms with Gasteiger partial charge >= 0.3 is 0 Å². The molecule has 0 bridgehead atoms. The Morgan fingerprint density at radius 2 is 1.95 bits per heavy atom. The van der Waals surface area contributed by atoms with Crippen molar-refractivity contribution in [2.45, 2.75) is 19.5 Å². The van der Waals surface area contributed by atoms with Crippen LogP contribution >= 0.6 is 27.5 Å². The molecule has 0 saturated carbocycles. The molecular formula is C15H15BrClNO. The van der Waals surface area contributed by atoms with E-state index >= 15 is 0 Å². The summed E-state index contributed by atoms with van der Waals surface area (Å²) in [5.41, 5.74) is 1.91. The molecule has 0 aliphatic carbocycles. The summed E-state index contributed by atoms with van der Waals surface area (Å²) >= 11 is 9.47. The van der Waals surface area contributed by atoms with Crippen molar-refractivity contribution in [2.75, 3.05) is 0 Å². The van der Waals surface area contributed by atoms with Crippen LogP contribution in [0.25, 0.3) is 0 Å². The van der Waals surface area contributed by atoms with E-state index in [9.17, 15) is 5.11 Å². The number of phenolic OH excluding ortho intramolecular Hbond substituents is 1. The Morgan fingerprint density at radius 3 is 2.68 bits per heavy atom. The molecule has 19 heavy (non-hydrogen) atoms. The van der Waals surface area contributed by atoms with Crippen LogP contribution in [-0.4, -0.2) is 5.11 Å². The highest BCUT2D eigenvalue weighted by molar-refractivity contribution is 9.10. The number of halogens is 2. The Labute approximate surface area is 126 Å². The second-order valence-corrected chi connectivity index (χ2v) is 5.63. The third kappa shape index (κ3) is 3.50. The topological polar surface area (TPSA) is 32.3 Å². The minimum absolute atomic E-state index is 0.118. The Kier molecular flexibility index (Phi) is 4.86. The van der Waals surface area contributed by atoms with E-state index in [2.05, 4.69) is 28.2 Å². The maximum Gasteiger partial charge on any atom is 0.134 e. The van der Waals surface area contributed by atoms with E-state index < -0.39 is 0 Å². The van der Waals surface area contributed by atoms with Crippen molar-refractivity contribution in [1.29, 1.82) is 0 Å². The van der Waals surface area contributed by atoms with E-state index in [1.165, 1.54) is 0 Å². The van der Waals surface area contributed by atoms with Gasteiger partial charge in [-0.05, 0) is 40.5 Å². The Morgan fingerprint density at radius 1 is 1.21 bits per heavy atom. The van der Waals surface area contributed by atoms with Gasteiger partial charge in [-0.1, -0.05) is 41.9 Å². The first kappa shape index (κ1) is 14.4.